The van der Waals surface area contributed by atoms with Gasteiger partial charge >= 0.3 is 5.97 Å². The van der Waals surface area contributed by atoms with E-state index in [-0.39, 0.29) is 5.97 Å². The predicted molar refractivity (Wildman–Crippen MR) is 69.7 cm³/mol. The average Bonchev–Trinajstić information content (AvgIpc) is 2.29. The fraction of sp³-hybridized carbons (Fsp3) is 0.400. The van der Waals surface area contributed by atoms with Gasteiger partial charge in [-0.05, 0) is 17.9 Å². The summed E-state index contributed by atoms with van der Waals surface area (Å²) in [6.45, 7) is 8.28. The van der Waals surface area contributed by atoms with Gasteiger partial charge in [0.05, 0.1) is 6.61 Å². The molecule has 0 atom stereocenters. The van der Waals surface area contributed by atoms with Crippen LogP contribution in [0.3, 0.4) is 0 Å². The van der Waals surface area contributed by atoms with Crippen molar-refractivity contribution in [1.29, 1.82) is 0 Å². The number of carbonyl (C=O) groups is 1. The van der Waals surface area contributed by atoms with Gasteiger partial charge in [-0.15, -0.1) is 0 Å². The lowest BCUT2D eigenvalue weighted by Crippen LogP contribution is -2.11. The third kappa shape index (κ3) is 5.34. The summed E-state index contributed by atoms with van der Waals surface area (Å²) in [7, 11) is 0. The van der Waals surface area contributed by atoms with E-state index in [1.54, 1.807) is 0 Å². The van der Waals surface area contributed by atoms with Gasteiger partial charge in [0.1, 0.15) is 0 Å². The van der Waals surface area contributed by atoms with E-state index in [1.165, 1.54) is 5.56 Å². The van der Waals surface area contributed by atoms with Crippen molar-refractivity contribution in [3.8, 4) is 0 Å². The van der Waals surface area contributed by atoms with Crippen molar-refractivity contribution in [3.63, 3.8) is 0 Å². The fourth-order valence-electron chi connectivity index (χ4n) is 1.58. The average molecular weight is 232 g/mol. The molecule has 0 amide bonds. The molecule has 1 aromatic rings. The van der Waals surface area contributed by atoms with Crippen molar-refractivity contribution >= 4 is 5.97 Å². The van der Waals surface area contributed by atoms with Gasteiger partial charge in [-0.3, -0.25) is 0 Å². The Morgan fingerprint density at radius 2 is 1.94 bits per heavy atom. The minimum absolute atomic E-state index is 0.269. The summed E-state index contributed by atoms with van der Waals surface area (Å²) in [6, 6.07) is 9.98. The highest BCUT2D eigenvalue weighted by atomic mass is 16.5. The quantitative estimate of drug-likeness (QED) is 0.555. The molecule has 0 aliphatic heterocycles. The van der Waals surface area contributed by atoms with Gasteiger partial charge in [-0.25, -0.2) is 4.79 Å². The number of rotatable bonds is 6. The largest absolute Gasteiger partial charge is 0.462 e. The molecule has 1 rings (SSSR count). The third-order valence-corrected chi connectivity index (χ3v) is 2.41. The highest BCUT2D eigenvalue weighted by Gasteiger charge is 2.09. The lowest BCUT2D eigenvalue weighted by Gasteiger charge is -2.08. The van der Waals surface area contributed by atoms with E-state index in [0.717, 1.165) is 6.42 Å². The number of carbonyl (C=O) groups excluding carboxylic acids is 1. The molecular weight excluding hydrogens is 212 g/mol. The molecule has 0 spiro atoms. The Morgan fingerprint density at radius 1 is 1.29 bits per heavy atom. The molecular formula is C15H20O2. The van der Waals surface area contributed by atoms with Gasteiger partial charge in [0.25, 0.3) is 0 Å². The minimum atomic E-state index is -0.269. The SMILES string of the molecule is C=C(CC(C)C)C(=O)OCCc1ccccc1. The molecule has 0 heterocycles. The van der Waals surface area contributed by atoms with E-state index in [4.69, 9.17) is 4.74 Å². The van der Waals surface area contributed by atoms with Gasteiger partial charge < -0.3 is 4.74 Å². The van der Waals surface area contributed by atoms with Crippen LogP contribution in [-0.4, -0.2) is 12.6 Å². The lowest BCUT2D eigenvalue weighted by atomic mass is 10.1. The molecule has 0 saturated heterocycles. The van der Waals surface area contributed by atoms with E-state index in [0.29, 0.717) is 24.5 Å². The summed E-state index contributed by atoms with van der Waals surface area (Å²) in [6.07, 6.45) is 1.45. The molecule has 92 valence electrons. The maximum Gasteiger partial charge on any atom is 0.333 e. The summed E-state index contributed by atoms with van der Waals surface area (Å²) < 4.78 is 5.17. The molecule has 0 saturated carbocycles. The van der Waals surface area contributed by atoms with Crippen LogP contribution in [0.15, 0.2) is 42.5 Å². The third-order valence-electron chi connectivity index (χ3n) is 2.41. The molecule has 0 radical (unpaired) electrons. The number of hydrogen-bond acceptors (Lipinski definition) is 2. The normalized spacial score (nSPS) is 10.3. The molecule has 0 bridgehead atoms. The maximum absolute atomic E-state index is 11.5. The molecule has 0 aliphatic carbocycles. The van der Waals surface area contributed by atoms with Gasteiger partial charge in [-0.2, -0.15) is 0 Å². The Hall–Kier alpha value is -1.57. The van der Waals surface area contributed by atoms with E-state index in [9.17, 15) is 4.79 Å². The Morgan fingerprint density at radius 3 is 2.53 bits per heavy atom. The molecule has 1 aromatic carbocycles. The van der Waals surface area contributed by atoms with Crippen LogP contribution in [0.4, 0.5) is 0 Å². The lowest BCUT2D eigenvalue weighted by molar-refractivity contribution is -0.139. The van der Waals surface area contributed by atoms with Crippen molar-refractivity contribution in [2.75, 3.05) is 6.61 Å². The van der Waals surface area contributed by atoms with Crippen LogP contribution in [-0.2, 0) is 16.0 Å². The van der Waals surface area contributed by atoms with Crippen LogP contribution in [0.25, 0.3) is 0 Å². The van der Waals surface area contributed by atoms with Crippen LogP contribution < -0.4 is 0 Å². The second kappa shape index (κ2) is 6.89. The summed E-state index contributed by atoms with van der Waals surface area (Å²) in [4.78, 5) is 11.5. The van der Waals surface area contributed by atoms with Crippen molar-refractivity contribution in [3.05, 3.63) is 48.0 Å². The van der Waals surface area contributed by atoms with E-state index >= 15 is 0 Å². The highest BCUT2D eigenvalue weighted by Crippen LogP contribution is 2.10. The molecule has 0 unspecified atom stereocenters. The van der Waals surface area contributed by atoms with E-state index < -0.39 is 0 Å². The first kappa shape index (κ1) is 13.5. The van der Waals surface area contributed by atoms with Gasteiger partial charge in [0.15, 0.2) is 0 Å². The monoisotopic (exact) mass is 232 g/mol. The molecule has 2 nitrogen and oxygen atoms in total. The summed E-state index contributed by atoms with van der Waals surface area (Å²) in [5.74, 6) is 0.166. The maximum atomic E-state index is 11.5. The first-order valence-corrected chi connectivity index (χ1v) is 5.98. The van der Waals surface area contributed by atoms with Crippen LogP contribution in [0.2, 0.25) is 0 Å². The second-order valence-electron chi connectivity index (χ2n) is 4.57. The Kier molecular flexibility index (Phi) is 5.47. The van der Waals surface area contributed by atoms with Crippen LogP contribution in [0.5, 0.6) is 0 Å². The topological polar surface area (TPSA) is 26.3 Å². The fourth-order valence-corrected chi connectivity index (χ4v) is 1.58. The first-order valence-electron chi connectivity index (χ1n) is 5.98. The Balaban J connectivity index is 2.27. The highest BCUT2D eigenvalue weighted by molar-refractivity contribution is 5.87. The van der Waals surface area contributed by atoms with Gasteiger partial charge in [0.2, 0.25) is 0 Å². The van der Waals surface area contributed by atoms with Crippen LogP contribution >= 0.6 is 0 Å². The standard InChI is InChI=1S/C15H20O2/c1-12(2)11-13(3)15(16)17-10-9-14-7-5-4-6-8-14/h4-8,12H,3,9-11H2,1-2H3. The molecule has 0 N–H and O–H groups in total. The van der Waals surface area contributed by atoms with E-state index in [1.807, 2.05) is 30.3 Å². The van der Waals surface area contributed by atoms with Crippen molar-refractivity contribution in [2.45, 2.75) is 26.7 Å². The first-order chi connectivity index (χ1) is 8.09. The summed E-state index contributed by atoms with van der Waals surface area (Å²) in [5.41, 5.74) is 1.74. The molecule has 2 heteroatoms. The number of esters is 1. The summed E-state index contributed by atoms with van der Waals surface area (Å²) >= 11 is 0. The number of hydrogen-bond donors (Lipinski definition) is 0. The Labute approximate surface area is 103 Å². The number of benzene rings is 1. The zero-order chi connectivity index (χ0) is 12.7. The van der Waals surface area contributed by atoms with Crippen molar-refractivity contribution in [2.24, 2.45) is 5.92 Å². The molecule has 0 fully saturated rings. The zero-order valence-corrected chi connectivity index (χ0v) is 10.6. The van der Waals surface area contributed by atoms with Crippen LogP contribution in [0.1, 0.15) is 25.8 Å². The molecule has 0 aliphatic rings. The second-order valence-corrected chi connectivity index (χ2v) is 4.57. The van der Waals surface area contributed by atoms with E-state index in [2.05, 4.69) is 20.4 Å². The minimum Gasteiger partial charge on any atom is -0.462 e. The summed E-state index contributed by atoms with van der Waals surface area (Å²) in [5, 5.41) is 0. The Bertz CT molecular complexity index is 366. The number of ether oxygens (including phenoxy) is 1. The van der Waals surface area contributed by atoms with Gasteiger partial charge in [-0.1, -0.05) is 50.8 Å². The smallest absolute Gasteiger partial charge is 0.333 e. The van der Waals surface area contributed by atoms with Crippen molar-refractivity contribution in [1.82, 2.24) is 0 Å². The molecule has 17 heavy (non-hydrogen) atoms. The van der Waals surface area contributed by atoms with Gasteiger partial charge in [0, 0.05) is 12.0 Å². The predicted octanol–water partition coefficient (Wildman–Crippen LogP) is 3.37. The molecule has 0 aromatic heterocycles. The van der Waals surface area contributed by atoms with Crippen molar-refractivity contribution < 1.29 is 9.53 Å². The van der Waals surface area contributed by atoms with Crippen LogP contribution in [0, 0.1) is 5.92 Å². The zero-order valence-electron chi connectivity index (χ0n) is 10.6.